The van der Waals surface area contributed by atoms with Crippen LogP contribution in [0.2, 0.25) is 0 Å². The Bertz CT molecular complexity index is 783. The molecule has 2 aromatic carbocycles. The van der Waals surface area contributed by atoms with Gasteiger partial charge in [-0.05, 0) is 55.5 Å². The molecule has 0 aliphatic heterocycles. The lowest BCUT2D eigenvalue weighted by Gasteiger charge is -2.16. The van der Waals surface area contributed by atoms with E-state index >= 15 is 0 Å². The number of halogens is 1. The molecule has 4 nitrogen and oxygen atoms in total. The predicted molar refractivity (Wildman–Crippen MR) is 94.6 cm³/mol. The molecule has 2 N–H and O–H groups in total. The third-order valence-corrected chi connectivity index (χ3v) is 4.63. The highest BCUT2D eigenvalue weighted by atomic mass is 19.1. The summed E-state index contributed by atoms with van der Waals surface area (Å²) in [5.74, 6) is -0.764. The molecule has 130 valence electrons. The molecule has 0 atom stereocenters. The Morgan fingerprint density at radius 3 is 2.36 bits per heavy atom. The van der Waals surface area contributed by atoms with E-state index in [0.717, 1.165) is 16.8 Å². The second-order valence-electron chi connectivity index (χ2n) is 6.48. The van der Waals surface area contributed by atoms with E-state index in [1.54, 1.807) is 12.1 Å². The molecule has 0 radical (unpaired) electrons. The molecule has 5 heteroatoms. The number of benzene rings is 2. The maximum atomic E-state index is 12.9. The van der Waals surface area contributed by atoms with Gasteiger partial charge in [-0.2, -0.15) is 0 Å². The van der Waals surface area contributed by atoms with Crippen LogP contribution in [-0.2, 0) is 16.0 Å². The molecule has 1 saturated carbocycles. The first-order valence-corrected chi connectivity index (χ1v) is 8.41. The van der Waals surface area contributed by atoms with Gasteiger partial charge in [0.1, 0.15) is 11.2 Å². The number of para-hydroxylation sites is 1. The first-order chi connectivity index (χ1) is 12.0. The summed E-state index contributed by atoms with van der Waals surface area (Å²) in [4.78, 5) is 25.0. The van der Waals surface area contributed by atoms with Gasteiger partial charge >= 0.3 is 0 Å². The number of nitrogens with one attached hydrogen (secondary N) is 2. The number of hydrogen-bond donors (Lipinski definition) is 2. The van der Waals surface area contributed by atoms with Crippen molar-refractivity contribution >= 4 is 17.5 Å². The van der Waals surface area contributed by atoms with Gasteiger partial charge in [0.05, 0.1) is 0 Å². The van der Waals surface area contributed by atoms with Crippen molar-refractivity contribution in [3.05, 3.63) is 65.5 Å². The van der Waals surface area contributed by atoms with Gasteiger partial charge in [-0.15, -0.1) is 0 Å². The van der Waals surface area contributed by atoms with Crippen LogP contribution in [0.4, 0.5) is 10.1 Å². The molecule has 0 unspecified atom stereocenters. The van der Waals surface area contributed by atoms with Crippen LogP contribution in [0.25, 0.3) is 0 Å². The van der Waals surface area contributed by atoms with Crippen molar-refractivity contribution in [3.63, 3.8) is 0 Å². The summed E-state index contributed by atoms with van der Waals surface area (Å²) in [6.07, 6.45) is 1.72. The summed E-state index contributed by atoms with van der Waals surface area (Å²) in [5, 5.41) is 5.70. The second-order valence-corrected chi connectivity index (χ2v) is 6.48. The Morgan fingerprint density at radius 1 is 1.04 bits per heavy atom. The van der Waals surface area contributed by atoms with Crippen molar-refractivity contribution < 1.29 is 14.0 Å². The molecule has 0 heterocycles. The minimum atomic E-state index is -0.953. The number of carbonyl (C=O) groups excluding carboxylic acids is 2. The largest absolute Gasteiger partial charge is 0.355 e. The van der Waals surface area contributed by atoms with E-state index in [1.165, 1.54) is 12.1 Å². The number of aryl methyl sites for hydroxylation is 1. The number of amides is 2. The van der Waals surface area contributed by atoms with Gasteiger partial charge in [-0.3, -0.25) is 9.59 Å². The zero-order chi connectivity index (χ0) is 17.9. The zero-order valence-corrected chi connectivity index (χ0v) is 14.1. The Balaban J connectivity index is 1.55. The Labute approximate surface area is 146 Å². The number of rotatable bonds is 6. The zero-order valence-electron chi connectivity index (χ0n) is 14.1. The van der Waals surface area contributed by atoms with E-state index in [2.05, 4.69) is 10.6 Å². The van der Waals surface area contributed by atoms with Crippen LogP contribution in [0.1, 0.15) is 24.0 Å². The quantitative estimate of drug-likeness (QED) is 0.794. The Morgan fingerprint density at radius 2 is 1.72 bits per heavy atom. The van der Waals surface area contributed by atoms with E-state index in [1.807, 2.05) is 31.2 Å². The van der Waals surface area contributed by atoms with Crippen molar-refractivity contribution in [2.75, 3.05) is 11.9 Å². The first kappa shape index (κ1) is 17.1. The summed E-state index contributed by atoms with van der Waals surface area (Å²) >= 11 is 0. The highest BCUT2D eigenvalue weighted by molar-refractivity contribution is 6.13. The summed E-state index contributed by atoms with van der Waals surface area (Å²) in [6.45, 7) is 2.34. The van der Waals surface area contributed by atoms with Crippen LogP contribution in [0.15, 0.2) is 48.5 Å². The predicted octanol–water partition coefficient (Wildman–Crippen LogP) is 3.21. The fourth-order valence-corrected chi connectivity index (χ4v) is 2.78. The van der Waals surface area contributed by atoms with Crippen LogP contribution in [0, 0.1) is 18.2 Å². The van der Waals surface area contributed by atoms with Crippen molar-refractivity contribution in [1.29, 1.82) is 0 Å². The maximum absolute atomic E-state index is 12.9. The molecule has 2 aromatic rings. The van der Waals surface area contributed by atoms with Crippen molar-refractivity contribution in [2.24, 2.45) is 5.41 Å². The summed E-state index contributed by atoms with van der Waals surface area (Å²) in [5.41, 5.74) is 1.68. The van der Waals surface area contributed by atoms with Gasteiger partial charge in [0.25, 0.3) is 0 Å². The van der Waals surface area contributed by atoms with Crippen LogP contribution in [0.5, 0.6) is 0 Å². The van der Waals surface area contributed by atoms with E-state index < -0.39 is 5.41 Å². The molecule has 0 saturated heterocycles. The van der Waals surface area contributed by atoms with Gasteiger partial charge in [-0.1, -0.05) is 30.3 Å². The molecule has 0 aromatic heterocycles. The minimum absolute atomic E-state index is 0.235. The lowest BCUT2D eigenvalue weighted by Crippen LogP contribution is -2.40. The van der Waals surface area contributed by atoms with E-state index in [4.69, 9.17) is 0 Å². The third kappa shape index (κ3) is 3.87. The molecule has 1 aliphatic rings. The number of anilines is 1. The molecular formula is C20H21FN2O2. The monoisotopic (exact) mass is 340 g/mol. The highest BCUT2D eigenvalue weighted by Crippen LogP contribution is 2.46. The van der Waals surface area contributed by atoms with Gasteiger partial charge in [0.2, 0.25) is 11.8 Å². The van der Waals surface area contributed by atoms with Gasteiger partial charge in [0, 0.05) is 12.2 Å². The number of carbonyl (C=O) groups is 2. The highest BCUT2D eigenvalue weighted by Gasteiger charge is 2.56. The maximum Gasteiger partial charge on any atom is 0.240 e. The Hall–Kier alpha value is -2.69. The molecule has 0 bridgehead atoms. The average molecular weight is 340 g/mol. The summed E-state index contributed by atoms with van der Waals surface area (Å²) < 4.78 is 12.9. The first-order valence-electron chi connectivity index (χ1n) is 8.41. The van der Waals surface area contributed by atoms with Crippen LogP contribution in [-0.4, -0.2) is 18.4 Å². The van der Waals surface area contributed by atoms with E-state index in [-0.39, 0.29) is 17.6 Å². The minimum Gasteiger partial charge on any atom is -0.355 e. The molecule has 25 heavy (non-hydrogen) atoms. The molecular weight excluding hydrogens is 319 g/mol. The standard InChI is InChI=1S/C20H21FN2O2/c1-14-4-2-3-5-17(14)23-19(25)20(11-12-20)18(24)22-13-10-15-6-8-16(21)9-7-15/h2-9H,10-13H2,1H3,(H,22,24)(H,23,25). The lowest BCUT2D eigenvalue weighted by atomic mass is 10.0. The van der Waals surface area contributed by atoms with Crippen LogP contribution in [0.3, 0.4) is 0 Å². The summed E-state index contributed by atoms with van der Waals surface area (Å²) in [7, 11) is 0. The van der Waals surface area contributed by atoms with Crippen molar-refractivity contribution in [1.82, 2.24) is 5.32 Å². The lowest BCUT2D eigenvalue weighted by molar-refractivity contribution is -0.134. The van der Waals surface area contributed by atoms with E-state index in [0.29, 0.717) is 25.8 Å². The Kier molecular flexibility index (Phi) is 4.83. The fraction of sp³-hybridized carbons (Fsp3) is 0.300. The third-order valence-electron chi connectivity index (χ3n) is 4.63. The summed E-state index contributed by atoms with van der Waals surface area (Å²) in [6, 6.07) is 13.7. The number of hydrogen-bond acceptors (Lipinski definition) is 2. The van der Waals surface area contributed by atoms with Gasteiger partial charge in [0.15, 0.2) is 0 Å². The topological polar surface area (TPSA) is 58.2 Å². The second kappa shape index (κ2) is 7.05. The van der Waals surface area contributed by atoms with Crippen LogP contribution < -0.4 is 10.6 Å². The molecule has 0 spiro atoms. The van der Waals surface area contributed by atoms with Gasteiger partial charge in [-0.25, -0.2) is 4.39 Å². The van der Waals surface area contributed by atoms with Gasteiger partial charge < -0.3 is 10.6 Å². The fourth-order valence-electron chi connectivity index (χ4n) is 2.78. The molecule has 3 rings (SSSR count). The normalized spacial score (nSPS) is 14.6. The smallest absolute Gasteiger partial charge is 0.240 e. The van der Waals surface area contributed by atoms with Crippen molar-refractivity contribution in [2.45, 2.75) is 26.2 Å². The van der Waals surface area contributed by atoms with Crippen LogP contribution >= 0.6 is 0 Å². The van der Waals surface area contributed by atoms with Crippen molar-refractivity contribution in [3.8, 4) is 0 Å². The molecule has 1 aliphatic carbocycles. The molecule has 1 fully saturated rings. The molecule has 2 amide bonds. The SMILES string of the molecule is Cc1ccccc1NC(=O)C1(C(=O)NCCc2ccc(F)cc2)CC1. The van der Waals surface area contributed by atoms with E-state index in [9.17, 15) is 14.0 Å². The average Bonchev–Trinajstić information content (AvgIpc) is 3.40.